The summed E-state index contributed by atoms with van der Waals surface area (Å²) in [4.78, 5) is 26.1. The average Bonchev–Trinajstić information content (AvgIpc) is 2.71. The van der Waals surface area contributed by atoms with Crippen LogP contribution in [0.1, 0.15) is 66.0 Å². The molecule has 0 unspecified atom stereocenters. The molecule has 1 N–H and O–H groups in total. The van der Waals surface area contributed by atoms with Crippen LogP contribution in [0, 0.1) is 0 Å². The molecule has 0 saturated carbocycles. The summed E-state index contributed by atoms with van der Waals surface area (Å²) in [5.74, 6) is 0.852. The van der Waals surface area contributed by atoms with Crippen molar-refractivity contribution in [2.24, 2.45) is 0 Å². The van der Waals surface area contributed by atoms with Gasteiger partial charge in [-0.15, -0.1) is 0 Å². The molecule has 2 aromatic rings. The van der Waals surface area contributed by atoms with Crippen LogP contribution >= 0.6 is 0 Å². The number of hydrogen-bond donors (Lipinski definition) is 1. The Morgan fingerprint density at radius 1 is 1.17 bits per heavy atom. The third kappa shape index (κ3) is 6.34. The summed E-state index contributed by atoms with van der Waals surface area (Å²) in [5.41, 5.74) is 2.99. The molecule has 0 bridgehead atoms. The van der Waals surface area contributed by atoms with E-state index >= 15 is 0 Å². The van der Waals surface area contributed by atoms with E-state index in [1.165, 1.54) is 22.4 Å². The number of rotatable bonds is 6. The molecule has 0 spiro atoms. The summed E-state index contributed by atoms with van der Waals surface area (Å²) in [6.45, 7) is 14.4. The predicted octanol–water partition coefficient (Wildman–Crippen LogP) is 5.31. The van der Waals surface area contributed by atoms with E-state index in [2.05, 4.69) is 37.9 Å². The maximum atomic E-state index is 12.3. The van der Waals surface area contributed by atoms with Crippen molar-refractivity contribution in [3.63, 3.8) is 0 Å². The molecule has 0 aliphatic carbocycles. The SMILES string of the molecule is C/C=C\C(=C/C)CCc1cc(-n2ccc(=O)[nH]c2=O)cc(C(C)(C)C)c1OC.CC. The van der Waals surface area contributed by atoms with E-state index in [1.807, 2.05) is 45.9 Å². The fraction of sp³-hybridized carbons (Fsp3) is 0.440. The van der Waals surface area contributed by atoms with Gasteiger partial charge in [-0.2, -0.15) is 0 Å². The van der Waals surface area contributed by atoms with Gasteiger partial charge in [0.05, 0.1) is 12.8 Å². The second-order valence-electron chi connectivity index (χ2n) is 7.78. The van der Waals surface area contributed by atoms with Crippen molar-refractivity contribution in [3.8, 4) is 11.4 Å². The summed E-state index contributed by atoms with van der Waals surface area (Å²) in [6.07, 6.45) is 9.40. The molecule has 0 fully saturated rings. The minimum Gasteiger partial charge on any atom is -0.496 e. The zero-order valence-electron chi connectivity index (χ0n) is 19.6. The molecule has 164 valence electrons. The Kier molecular flexibility index (Phi) is 9.57. The van der Waals surface area contributed by atoms with Gasteiger partial charge in [-0.05, 0) is 49.8 Å². The second kappa shape index (κ2) is 11.4. The van der Waals surface area contributed by atoms with E-state index in [-0.39, 0.29) is 5.41 Å². The lowest BCUT2D eigenvalue weighted by atomic mass is 9.84. The number of aromatic amines is 1. The Balaban J connectivity index is 0.00000218. The zero-order valence-corrected chi connectivity index (χ0v) is 19.6. The maximum absolute atomic E-state index is 12.3. The Hall–Kier alpha value is -2.82. The lowest BCUT2D eigenvalue weighted by molar-refractivity contribution is 0.392. The van der Waals surface area contributed by atoms with E-state index in [1.54, 1.807) is 7.11 Å². The van der Waals surface area contributed by atoms with Crippen molar-refractivity contribution < 1.29 is 4.74 Å². The molecule has 0 radical (unpaired) electrons. The molecule has 1 heterocycles. The van der Waals surface area contributed by atoms with E-state index in [0.717, 1.165) is 35.4 Å². The molecular formula is C25H36N2O3. The number of nitrogens with one attached hydrogen (secondary N) is 1. The number of aryl methyl sites for hydroxylation is 1. The van der Waals surface area contributed by atoms with Gasteiger partial charge in [-0.25, -0.2) is 4.79 Å². The van der Waals surface area contributed by atoms with E-state index in [4.69, 9.17) is 4.74 Å². The third-order valence-corrected chi connectivity index (χ3v) is 4.70. The topological polar surface area (TPSA) is 64.1 Å². The third-order valence-electron chi connectivity index (χ3n) is 4.70. The quantitative estimate of drug-likeness (QED) is 0.654. The molecule has 2 rings (SSSR count). The van der Waals surface area contributed by atoms with Crippen molar-refractivity contribution in [2.45, 2.75) is 66.7 Å². The van der Waals surface area contributed by atoms with Gasteiger partial charge in [0.1, 0.15) is 5.75 Å². The van der Waals surface area contributed by atoms with Crippen LogP contribution in [-0.4, -0.2) is 16.7 Å². The normalized spacial score (nSPS) is 11.9. The van der Waals surface area contributed by atoms with E-state index < -0.39 is 11.2 Å². The van der Waals surface area contributed by atoms with Crippen LogP contribution in [0.4, 0.5) is 0 Å². The summed E-state index contributed by atoms with van der Waals surface area (Å²) >= 11 is 0. The number of H-pyrrole nitrogens is 1. The van der Waals surface area contributed by atoms with Crippen LogP contribution in [0.2, 0.25) is 0 Å². The van der Waals surface area contributed by atoms with Crippen LogP contribution in [0.25, 0.3) is 5.69 Å². The molecule has 0 saturated heterocycles. The van der Waals surface area contributed by atoms with Gasteiger partial charge in [-0.1, -0.05) is 58.4 Å². The summed E-state index contributed by atoms with van der Waals surface area (Å²) in [5, 5.41) is 0. The largest absolute Gasteiger partial charge is 0.496 e. The van der Waals surface area contributed by atoms with Crippen molar-refractivity contribution in [3.05, 3.63) is 80.2 Å². The Morgan fingerprint density at radius 3 is 2.33 bits per heavy atom. The highest BCUT2D eigenvalue weighted by Gasteiger charge is 2.23. The molecule has 0 aliphatic heterocycles. The number of nitrogens with zero attached hydrogens (tertiary/aromatic N) is 1. The highest BCUT2D eigenvalue weighted by molar-refractivity contribution is 5.53. The molecular weight excluding hydrogens is 376 g/mol. The van der Waals surface area contributed by atoms with Gasteiger partial charge in [-0.3, -0.25) is 14.3 Å². The molecule has 0 atom stereocenters. The van der Waals surface area contributed by atoms with Crippen LogP contribution in [0.15, 0.2) is 57.8 Å². The van der Waals surface area contributed by atoms with Crippen molar-refractivity contribution in [2.75, 3.05) is 7.11 Å². The maximum Gasteiger partial charge on any atom is 0.332 e. The number of methoxy groups -OCH3 is 1. The lowest BCUT2D eigenvalue weighted by Gasteiger charge is -2.25. The van der Waals surface area contributed by atoms with Crippen molar-refractivity contribution >= 4 is 0 Å². The Bertz CT molecular complexity index is 1000. The van der Waals surface area contributed by atoms with Gasteiger partial charge in [0.15, 0.2) is 0 Å². The first-order chi connectivity index (χ1) is 14.2. The number of allylic oxidation sites excluding steroid dienone is 4. The minimum absolute atomic E-state index is 0.172. The Morgan fingerprint density at radius 2 is 1.83 bits per heavy atom. The summed E-state index contributed by atoms with van der Waals surface area (Å²) in [7, 11) is 1.68. The minimum atomic E-state index is -0.452. The number of hydrogen-bond acceptors (Lipinski definition) is 3. The highest BCUT2D eigenvalue weighted by Crippen LogP contribution is 2.37. The smallest absolute Gasteiger partial charge is 0.332 e. The standard InChI is InChI=1S/C23H30N2O3.C2H6/c1-7-9-16(8-2)10-11-17-14-18(25-13-12-20(26)24-22(25)27)15-19(21(17)28-6)23(3,4)5;1-2/h7-9,12-15H,10-11H2,1-6H3,(H,24,26,27);1-2H3/b9-7-,16-8+;. The fourth-order valence-corrected chi connectivity index (χ4v) is 3.23. The first-order valence-electron chi connectivity index (χ1n) is 10.5. The second-order valence-corrected chi connectivity index (χ2v) is 7.78. The lowest BCUT2D eigenvalue weighted by Crippen LogP contribution is -2.28. The monoisotopic (exact) mass is 412 g/mol. The Labute approximate surface area is 180 Å². The first-order valence-corrected chi connectivity index (χ1v) is 10.5. The molecule has 5 heteroatoms. The number of benzene rings is 1. The summed E-state index contributed by atoms with van der Waals surface area (Å²) < 4.78 is 7.25. The predicted molar refractivity (Wildman–Crippen MR) is 126 cm³/mol. The fourth-order valence-electron chi connectivity index (χ4n) is 3.23. The highest BCUT2D eigenvalue weighted by atomic mass is 16.5. The molecule has 30 heavy (non-hydrogen) atoms. The molecule has 0 amide bonds. The van der Waals surface area contributed by atoms with Gasteiger partial charge in [0, 0.05) is 17.8 Å². The molecule has 1 aromatic carbocycles. The van der Waals surface area contributed by atoms with E-state index in [0.29, 0.717) is 0 Å². The van der Waals surface area contributed by atoms with E-state index in [9.17, 15) is 9.59 Å². The molecule has 5 nitrogen and oxygen atoms in total. The zero-order chi connectivity index (χ0) is 22.9. The first kappa shape index (κ1) is 25.2. The summed E-state index contributed by atoms with van der Waals surface area (Å²) in [6, 6.07) is 5.29. The van der Waals surface area contributed by atoms with Gasteiger partial charge >= 0.3 is 5.69 Å². The van der Waals surface area contributed by atoms with Crippen molar-refractivity contribution in [1.29, 1.82) is 0 Å². The average molecular weight is 413 g/mol. The molecule has 0 aliphatic rings. The van der Waals surface area contributed by atoms with Crippen LogP contribution in [-0.2, 0) is 11.8 Å². The van der Waals surface area contributed by atoms with Gasteiger partial charge in [0.2, 0.25) is 0 Å². The molecule has 1 aromatic heterocycles. The van der Waals surface area contributed by atoms with Crippen LogP contribution in [0.5, 0.6) is 5.75 Å². The van der Waals surface area contributed by atoms with Gasteiger partial charge < -0.3 is 4.74 Å². The number of ether oxygens (including phenoxy) is 1. The van der Waals surface area contributed by atoms with Crippen LogP contribution < -0.4 is 16.0 Å². The van der Waals surface area contributed by atoms with Crippen LogP contribution in [0.3, 0.4) is 0 Å². The van der Waals surface area contributed by atoms with Crippen molar-refractivity contribution in [1.82, 2.24) is 9.55 Å². The number of aromatic nitrogens is 2. The van der Waals surface area contributed by atoms with Gasteiger partial charge in [0.25, 0.3) is 5.56 Å².